The molecule has 0 radical (unpaired) electrons. The number of benzene rings is 3. The van der Waals surface area contributed by atoms with Gasteiger partial charge in [0.25, 0.3) is 0 Å². The van der Waals surface area contributed by atoms with E-state index in [-0.39, 0.29) is 0 Å². The summed E-state index contributed by atoms with van der Waals surface area (Å²) >= 11 is 0. The molecular formula is C18H17O5P. The van der Waals surface area contributed by atoms with Gasteiger partial charge in [-0.15, -0.1) is 0 Å². The third kappa shape index (κ3) is 5.33. The minimum atomic E-state index is -4.64. The van der Waals surface area contributed by atoms with Crippen LogP contribution in [-0.2, 0) is 4.57 Å². The molecule has 3 aromatic carbocycles. The zero-order valence-electron chi connectivity index (χ0n) is 12.6. The lowest BCUT2D eigenvalue weighted by Gasteiger charge is -2.12. The summed E-state index contributed by atoms with van der Waals surface area (Å²) in [5, 5.41) is 10.2. The smallest absolute Gasteiger partial charge is 0.466 e. The Balaban J connectivity index is 0.000000368. The summed E-state index contributed by atoms with van der Waals surface area (Å²) < 4.78 is 8.88. The van der Waals surface area contributed by atoms with Gasteiger partial charge < -0.3 is 19.8 Å². The summed E-state index contributed by atoms with van der Waals surface area (Å²) in [6, 6.07) is 25.7. The van der Waals surface area contributed by atoms with Crippen LogP contribution in [0.15, 0.2) is 78.9 Å². The van der Waals surface area contributed by atoms with E-state index in [1.807, 2.05) is 60.7 Å². The number of rotatable bonds is 2. The quantitative estimate of drug-likeness (QED) is 0.530. The van der Waals surface area contributed by atoms with Crippen LogP contribution in [0, 0.1) is 0 Å². The molecular weight excluding hydrogens is 327 g/mol. The molecule has 0 aromatic heterocycles. The second kappa shape index (κ2) is 7.90. The molecule has 0 aliphatic carbocycles. The van der Waals surface area contributed by atoms with Crippen molar-refractivity contribution in [3.05, 3.63) is 78.9 Å². The summed E-state index contributed by atoms with van der Waals surface area (Å²) in [5.41, 5.74) is 4.07. The van der Waals surface area contributed by atoms with Crippen LogP contribution in [0.4, 0.5) is 0 Å². The second-order valence-corrected chi connectivity index (χ2v) is 5.97. The molecule has 0 saturated heterocycles. The maximum atomic E-state index is 10.2. The highest BCUT2D eigenvalue weighted by Gasteiger charge is 2.11. The van der Waals surface area contributed by atoms with E-state index in [2.05, 4.69) is 12.1 Å². The fourth-order valence-electron chi connectivity index (χ4n) is 2.31. The molecule has 0 unspecified atom stereocenters. The van der Waals surface area contributed by atoms with Gasteiger partial charge in [0.05, 0.1) is 0 Å². The molecule has 0 aliphatic rings. The van der Waals surface area contributed by atoms with Crippen LogP contribution in [0.1, 0.15) is 0 Å². The van der Waals surface area contributed by atoms with E-state index in [1.54, 1.807) is 6.07 Å². The van der Waals surface area contributed by atoms with Gasteiger partial charge in [0, 0.05) is 5.56 Å². The van der Waals surface area contributed by atoms with E-state index in [0.717, 1.165) is 22.3 Å². The van der Waals surface area contributed by atoms with Crippen molar-refractivity contribution in [1.29, 1.82) is 0 Å². The van der Waals surface area contributed by atoms with Crippen molar-refractivity contribution in [2.45, 2.75) is 0 Å². The minimum Gasteiger partial charge on any atom is -0.507 e. The molecule has 5 nitrogen and oxygen atoms in total. The van der Waals surface area contributed by atoms with Crippen molar-refractivity contribution in [1.82, 2.24) is 0 Å². The number of phosphoric acid groups is 1. The van der Waals surface area contributed by atoms with Crippen LogP contribution < -0.4 is 0 Å². The van der Waals surface area contributed by atoms with Crippen LogP contribution in [0.5, 0.6) is 5.75 Å². The van der Waals surface area contributed by atoms with Gasteiger partial charge in [-0.05, 0) is 22.8 Å². The fourth-order valence-corrected chi connectivity index (χ4v) is 2.31. The molecule has 0 aliphatic heterocycles. The standard InChI is InChI=1S/C18H14O.H3O4P/c19-17-13-7-12-16(14-8-3-1-4-9-14)18(17)15-10-5-2-6-11-15;1-5(2,3)4/h1-13,19H;(H3,1,2,3,4). The van der Waals surface area contributed by atoms with Gasteiger partial charge in [0.15, 0.2) is 0 Å². The Morgan fingerprint density at radius 3 is 1.58 bits per heavy atom. The van der Waals surface area contributed by atoms with E-state index in [1.165, 1.54) is 0 Å². The topological polar surface area (TPSA) is 98.0 Å². The van der Waals surface area contributed by atoms with Crippen LogP contribution in [-0.4, -0.2) is 19.8 Å². The first-order valence-electron chi connectivity index (χ1n) is 7.07. The Labute approximate surface area is 139 Å². The predicted octanol–water partition coefficient (Wildman–Crippen LogP) is 3.80. The van der Waals surface area contributed by atoms with Crippen molar-refractivity contribution in [3.63, 3.8) is 0 Å². The van der Waals surface area contributed by atoms with Crippen molar-refractivity contribution in [2.75, 3.05) is 0 Å². The highest BCUT2D eigenvalue weighted by atomic mass is 31.2. The van der Waals surface area contributed by atoms with E-state index >= 15 is 0 Å². The minimum absolute atomic E-state index is 0.313. The van der Waals surface area contributed by atoms with Crippen molar-refractivity contribution in [3.8, 4) is 28.0 Å². The zero-order chi connectivity index (χ0) is 17.6. The van der Waals surface area contributed by atoms with Gasteiger partial charge in [-0.25, -0.2) is 4.57 Å². The summed E-state index contributed by atoms with van der Waals surface area (Å²) in [6.45, 7) is 0. The van der Waals surface area contributed by atoms with Gasteiger partial charge in [0.1, 0.15) is 5.75 Å². The maximum absolute atomic E-state index is 10.2. The van der Waals surface area contributed by atoms with Crippen LogP contribution >= 0.6 is 7.82 Å². The normalized spacial score (nSPS) is 10.6. The van der Waals surface area contributed by atoms with Crippen molar-refractivity contribution in [2.24, 2.45) is 0 Å². The Morgan fingerprint density at radius 1 is 0.625 bits per heavy atom. The average Bonchev–Trinajstić information content (AvgIpc) is 2.55. The summed E-state index contributed by atoms with van der Waals surface area (Å²) in [4.78, 5) is 21.6. The van der Waals surface area contributed by atoms with Gasteiger partial charge in [-0.3, -0.25) is 0 Å². The Kier molecular flexibility index (Phi) is 5.90. The first kappa shape index (κ1) is 17.9. The van der Waals surface area contributed by atoms with Gasteiger partial charge >= 0.3 is 7.82 Å². The monoisotopic (exact) mass is 344 g/mol. The Morgan fingerprint density at radius 2 is 1.08 bits per heavy atom. The van der Waals surface area contributed by atoms with E-state index in [9.17, 15) is 5.11 Å². The zero-order valence-corrected chi connectivity index (χ0v) is 13.5. The molecule has 24 heavy (non-hydrogen) atoms. The molecule has 0 heterocycles. The SMILES string of the molecule is O=P(O)(O)O.Oc1cccc(-c2ccccc2)c1-c1ccccc1. The summed E-state index contributed by atoms with van der Waals surface area (Å²) in [5.74, 6) is 0.313. The van der Waals surface area contributed by atoms with Crippen molar-refractivity contribution < 1.29 is 24.4 Å². The number of hydrogen-bond donors (Lipinski definition) is 4. The molecule has 0 bridgehead atoms. The third-order valence-corrected chi connectivity index (χ3v) is 3.19. The van der Waals surface area contributed by atoms with Gasteiger partial charge in [-0.1, -0.05) is 72.8 Å². The van der Waals surface area contributed by atoms with Crippen LogP contribution in [0.3, 0.4) is 0 Å². The predicted molar refractivity (Wildman–Crippen MR) is 93.2 cm³/mol. The lowest BCUT2D eigenvalue weighted by molar-refractivity contribution is 0.275. The number of phenolic OH excluding ortho intramolecular Hbond substituents is 1. The molecule has 0 saturated carbocycles. The lowest BCUT2D eigenvalue weighted by Crippen LogP contribution is -1.85. The third-order valence-electron chi connectivity index (χ3n) is 3.19. The molecule has 4 N–H and O–H groups in total. The first-order valence-corrected chi connectivity index (χ1v) is 8.64. The average molecular weight is 344 g/mol. The van der Waals surface area contributed by atoms with Crippen LogP contribution in [0.2, 0.25) is 0 Å². The lowest BCUT2D eigenvalue weighted by atomic mass is 9.94. The second-order valence-electron chi connectivity index (χ2n) is 4.95. The largest absolute Gasteiger partial charge is 0.507 e. The number of phenols is 1. The van der Waals surface area contributed by atoms with Gasteiger partial charge in [-0.2, -0.15) is 0 Å². The van der Waals surface area contributed by atoms with E-state index in [0.29, 0.717) is 5.75 Å². The molecule has 3 aromatic rings. The van der Waals surface area contributed by atoms with E-state index in [4.69, 9.17) is 19.2 Å². The fraction of sp³-hybridized carbons (Fsp3) is 0. The maximum Gasteiger partial charge on any atom is 0.466 e. The first-order chi connectivity index (χ1) is 11.4. The summed E-state index contributed by atoms with van der Waals surface area (Å²) in [6.07, 6.45) is 0. The number of hydrogen-bond acceptors (Lipinski definition) is 2. The Bertz CT molecular complexity index is 820. The molecule has 0 amide bonds. The van der Waals surface area contributed by atoms with E-state index < -0.39 is 7.82 Å². The molecule has 0 fully saturated rings. The molecule has 124 valence electrons. The highest BCUT2D eigenvalue weighted by molar-refractivity contribution is 7.45. The van der Waals surface area contributed by atoms with Gasteiger partial charge in [0.2, 0.25) is 0 Å². The van der Waals surface area contributed by atoms with Crippen molar-refractivity contribution >= 4 is 7.82 Å². The number of aromatic hydroxyl groups is 1. The molecule has 6 heteroatoms. The Hall–Kier alpha value is -2.43. The molecule has 0 spiro atoms. The molecule has 3 rings (SSSR count). The summed E-state index contributed by atoms with van der Waals surface area (Å²) in [7, 11) is -4.64. The van der Waals surface area contributed by atoms with Crippen LogP contribution in [0.25, 0.3) is 22.3 Å². The molecule has 0 atom stereocenters. The highest BCUT2D eigenvalue weighted by Crippen LogP contribution is 2.38.